The molecule has 0 fully saturated rings. The molecule has 0 bridgehead atoms. The first-order valence-electron chi connectivity index (χ1n) is 10.5. The zero-order valence-electron chi connectivity index (χ0n) is 19.2. The standard InChI is InChI=1S/C23H26FN3O6S/c1-4-26(5-2)34(30,31)21-15-17(7-12-20(21)32-3)23(29)33-16-22(28)27(14-6-13-25)19-10-8-18(24)9-11-19/h7-12,15H,4-6,14,16H2,1-3H3. The van der Waals surface area contributed by atoms with E-state index in [0.717, 1.165) is 6.07 Å². The SMILES string of the molecule is CCN(CC)S(=O)(=O)c1cc(C(=O)OCC(=O)N(CCC#N)c2ccc(F)cc2)ccc1OC. The summed E-state index contributed by atoms with van der Waals surface area (Å²) in [6.07, 6.45) is 0.0160. The van der Waals surface area contributed by atoms with Crippen molar-refractivity contribution in [2.24, 2.45) is 0 Å². The van der Waals surface area contributed by atoms with Gasteiger partial charge in [-0.3, -0.25) is 4.79 Å². The molecule has 0 heterocycles. The topological polar surface area (TPSA) is 117 Å². The number of sulfonamides is 1. The summed E-state index contributed by atoms with van der Waals surface area (Å²) < 4.78 is 50.7. The minimum atomic E-state index is -3.93. The van der Waals surface area contributed by atoms with Gasteiger partial charge in [0, 0.05) is 25.3 Å². The molecule has 9 nitrogen and oxygen atoms in total. The van der Waals surface area contributed by atoms with Gasteiger partial charge in [-0.25, -0.2) is 17.6 Å². The fourth-order valence-corrected chi connectivity index (χ4v) is 4.82. The van der Waals surface area contributed by atoms with Gasteiger partial charge < -0.3 is 14.4 Å². The van der Waals surface area contributed by atoms with Crippen molar-refractivity contribution in [3.63, 3.8) is 0 Å². The molecule has 182 valence electrons. The number of hydrogen-bond acceptors (Lipinski definition) is 7. The Bertz CT molecular complexity index is 1160. The highest BCUT2D eigenvalue weighted by atomic mass is 32.2. The van der Waals surface area contributed by atoms with Crippen LogP contribution in [0, 0.1) is 17.1 Å². The third-order valence-electron chi connectivity index (χ3n) is 4.94. The summed E-state index contributed by atoms with van der Waals surface area (Å²) in [6.45, 7) is 3.20. The molecule has 0 spiro atoms. The van der Waals surface area contributed by atoms with E-state index in [1.807, 2.05) is 6.07 Å². The lowest BCUT2D eigenvalue weighted by Crippen LogP contribution is -2.35. The van der Waals surface area contributed by atoms with E-state index in [1.54, 1.807) is 13.8 Å². The predicted molar refractivity (Wildman–Crippen MR) is 122 cm³/mol. The van der Waals surface area contributed by atoms with Gasteiger partial charge in [0.05, 0.1) is 25.2 Å². The number of methoxy groups -OCH3 is 1. The van der Waals surface area contributed by atoms with Crippen molar-refractivity contribution in [1.29, 1.82) is 5.26 Å². The molecular formula is C23H26FN3O6S. The van der Waals surface area contributed by atoms with Gasteiger partial charge in [-0.15, -0.1) is 0 Å². The molecule has 1 amide bonds. The number of amides is 1. The molecule has 34 heavy (non-hydrogen) atoms. The summed E-state index contributed by atoms with van der Waals surface area (Å²) in [7, 11) is -2.61. The van der Waals surface area contributed by atoms with E-state index < -0.39 is 34.3 Å². The lowest BCUT2D eigenvalue weighted by Gasteiger charge is -2.22. The smallest absolute Gasteiger partial charge is 0.338 e. The molecule has 2 aromatic rings. The van der Waals surface area contributed by atoms with Gasteiger partial charge in [-0.2, -0.15) is 9.57 Å². The van der Waals surface area contributed by atoms with Crippen molar-refractivity contribution in [3.05, 3.63) is 53.8 Å². The molecule has 0 unspecified atom stereocenters. The Hall–Kier alpha value is -3.49. The molecule has 0 atom stereocenters. The second-order valence-electron chi connectivity index (χ2n) is 6.96. The second kappa shape index (κ2) is 12.1. The van der Waals surface area contributed by atoms with Gasteiger partial charge in [-0.1, -0.05) is 13.8 Å². The van der Waals surface area contributed by atoms with Gasteiger partial charge in [0.1, 0.15) is 16.5 Å². The number of hydrogen-bond donors (Lipinski definition) is 0. The summed E-state index contributed by atoms with van der Waals surface area (Å²) in [5, 5.41) is 8.87. The second-order valence-corrected chi connectivity index (χ2v) is 8.87. The van der Waals surface area contributed by atoms with Crippen molar-refractivity contribution >= 4 is 27.6 Å². The third-order valence-corrected chi connectivity index (χ3v) is 7.01. The van der Waals surface area contributed by atoms with Gasteiger partial charge in [0.2, 0.25) is 10.0 Å². The number of carbonyl (C=O) groups excluding carboxylic acids is 2. The quantitative estimate of drug-likeness (QED) is 0.444. The number of nitrogens with zero attached hydrogens (tertiary/aromatic N) is 3. The van der Waals surface area contributed by atoms with E-state index >= 15 is 0 Å². The van der Waals surface area contributed by atoms with Crippen molar-refractivity contribution in [2.45, 2.75) is 25.2 Å². The van der Waals surface area contributed by atoms with E-state index in [1.165, 1.54) is 52.7 Å². The van der Waals surface area contributed by atoms with Gasteiger partial charge in [-0.05, 0) is 42.5 Å². The first kappa shape index (κ1) is 26.8. The van der Waals surface area contributed by atoms with Gasteiger partial charge >= 0.3 is 5.97 Å². The van der Waals surface area contributed by atoms with Crippen LogP contribution >= 0.6 is 0 Å². The molecule has 0 aliphatic carbocycles. The van der Waals surface area contributed by atoms with Crippen LogP contribution in [0.2, 0.25) is 0 Å². The number of rotatable bonds is 11. The maximum atomic E-state index is 13.2. The fraction of sp³-hybridized carbons (Fsp3) is 0.348. The molecule has 0 N–H and O–H groups in total. The van der Waals surface area contributed by atoms with Crippen LogP contribution in [0.5, 0.6) is 5.75 Å². The Morgan fingerprint density at radius 1 is 1.09 bits per heavy atom. The molecule has 0 radical (unpaired) electrons. The molecule has 0 saturated carbocycles. The molecule has 0 aliphatic rings. The van der Waals surface area contributed by atoms with Crippen LogP contribution in [-0.2, 0) is 19.6 Å². The van der Waals surface area contributed by atoms with Crippen LogP contribution in [0.4, 0.5) is 10.1 Å². The van der Waals surface area contributed by atoms with E-state index in [4.69, 9.17) is 14.7 Å². The first-order valence-corrected chi connectivity index (χ1v) is 11.9. The summed E-state index contributed by atoms with van der Waals surface area (Å²) in [5.41, 5.74) is 0.263. The van der Waals surface area contributed by atoms with Gasteiger partial charge in [0.15, 0.2) is 6.61 Å². The number of halogens is 1. The van der Waals surface area contributed by atoms with E-state index in [2.05, 4.69) is 0 Å². The number of carbonyl (C=O) groups is 2. The summed E-state index contributed by atoms with van der Waals surface area (Å²) in [4.78, 5) is 26.3. The molecule has 0 saturated heterocycles. The Balaban J connectivity index is 2.23. The summed E-state index contributed by atoms with van der Waals surface area (Å²) in [5.74, 6) is -1.96. The average Bonchev–Trinajstić information content (AvgIpc) is 2.83. The lowest BCUT2D eigenvalue weighted by atomic mass is 10.2. The molecule has 0 aromatic heterocycles. The highest BCUT2D eigenvalue weighted by Crippen LogP contribution is 2.28. The minimum Gasteiger partial charge on any atom is -0.495 e. The van der Waals surface area contributed by atoms with Crippen LogP contribution in [0.1, 0.15) is 30.6 Å². The average molecular weight is 492 g/mol. The highest BCUT2D eigenvalue weighted by Gasteiger charge is 2.27. The molecule has 2 rings (SSSR count). The summed E-state index contributed by atoms with van der Waals surface area (Å²) in [6, 6.07) is 10.8. The number of esters is 1. The van der Waals surface area contributed by atoms with Crippen molar-refractivity contribution in [3.8, 4) is 11.8 Å². The predicted octanol–water partition coefficient (Wildman–Crippen LogP) is 2.97. The fourth-order valence-electron chi connectivity index (χ4n) is 3.18. The third kappa shape index (κ3) is 6.30. The number of anilines is 1. The van der Waals surface area contributed by atoms with Crippen molar-refractivity contribution < 1.29 is 31.9 Å². The molecular weight excluding hydrogens is 465 g/mol. The molecule has 0 aliphatic heterocycles. The number of nitriles is 1. The summed E-state index contributed by atoms with van der Waals surface area (Å²) >= 11 is 0. The normalized spacial score (nSPS) is 11.1. The zero-order valence-corrected chi connectivity index (χ0v) is 20.0. The molecule has 11 heteroatoms. The van der Waals surface area contributed by atoms with Crippen LogP contribution in [0.25, 0.3) is 0 Å². The maximum Gasteiger partial charge on any atom is 0.338 e. The lowest BCUT2D eigenvalue weighted by molar-refractivity contribution is -0.121. The largest absolute Gasteiger partial charge is 0.495 e. The van der Waals surface area contributed by atoms with Crippen molar-refractivity contribution in [1.82, 2.24) is 4.31 Å². The minimum absolute atomic E-state index is 0.0160. The Morgan fingerprint density at radius 2 is 1.74 bits per heavy atom. The monoisotopic (exact) mass is 491 g/mol. The first-order chi connectivity index (χ1) is 16.2. The van der Waals surface area contributed by atoms with Gasteiger partial charge in [0.25, 0.3) is 5.91 Å². The Labute approximate surface area is 198 Å². The van der Waals surface area contributed by atoms with Crippen LogP contribution in [0.3, 0.4) is 0 Å². The van der Waals surface area contributed by atoms with Crippen LogP contribution < -0.4 is 9.64 Å². The van der Waals surface area contributed by atoms with E-state index in [-0.39, 0.29) is 42.3 Å². The number of ether oxygens (including phenoxy) is 2. The Morgan fingerprint density at radius 3 is 2.29 bits per heavy atom. The van der Waals surface area contributed by atoms with E-state index in [9.17, 15) is 22.4 Å². The maximum absolute atomic E-state index is 13.2. The number of benzene rings is 2. The highest BCUT2D eigenvalue weighted by molar-refractivity contribution is 7.89. The molecule has 2 aromatic carbocycles. The Kier molecular flexibility index (Phi) is 9.53. The van der Waals surface area contributed by atoms with E-state index in [0.29, 0.717) is 5.69 Å². The zero-order chi connectivity index (χ0) is 25.3. The van der Waals surface area contributed by atoms with Crippen molar-refractivity contribution in [2.75, 3.05) is 38.3 Å². The van der Waals surface area contributed by atoms with Crippen LogP contribution in [0.15, 0.2) is 47.4 Å². The van der Waals surface area contributed by atoms with Crippen LogP contribution in [-0.4, -0.2) is 58.0 Å².